The zero-order valence-corrected chi connectivity index (χ0v) is 46.7. The van der Waals surface area contributed by atoms with Crippen molar-refractivity contribution < 1.29 is 81.4 Å². The molecule has 1 aliphatic heterocycles. The van der Waals surface area contributed by atoms with Crippen molar-refractivity contribution in [2.75, 3.05) is 24.6 Å². The molecule has 4 aromatic carbocycles. The zero-order valence-electron chi connectivity index (χ0n) is 46.7. The molecule has 82 heavy (non-hydrogen) atoms. The molecule has 2 heterocycles. The average molecular weight is 1130 g/mol. The molecule has 4 aliphatic rings. The maximum Gasteiger partial charge on any atom is 0.408 e. The van der Waals surface area contributed by atoms with E-state index in [2.05, 4.69) is 10.2 Å². The Hall–Kier alpha value is -8.20. The van der Waals surface area contributed by atoms with E-state index in [9.17, 15) is 39.0 Å². The van der Waals surface area contributed by atoms with E-state index >= 15 is 9.59 Å². The molecule has 3 fully saturated rings. The Balaban J connectivity index is 1.15. The first-order valence-corrected chi connectivity index (χ1v) is 27.2. The van der Waals surface area contributed by atoms with Crippen LogP contribution >= 0.6 is 0 Å². The highest BCUT2D eigenvalue weighted by Gasteiger charge is 2.78. The summed E-state index contributed by atoms with van der Waals surface area (Å²) in [7, 11) is 0. The first-order valence-electron chi connectivity index (χ1n) is 27.2. The summed E-state index contributed by atoms with van der Waals surface area (Å²) in [5.41, 5.74) is -7.36. The fourth-order valence-electron chi connectivity index (χ4n) is 12.7. The Morgan fingerprint density at radius 3 is 2.00 bits per heavy atom. The van der Waals surface area contributed by atoms with Gasteiger partial charge in [0, 0.05) is 74.0 Å². The van der Waals surface area contributed by atoms with Crippen LogP contribution in [0.5, 0.6) is 0 Å². The molecule has 1 saturated heterocycles. The number of carbonyl (C=O) groups excluding carboxylic acids is 7. The number of aliphatic hydroxyl groups excluding tert-OH is 1. The number of fused-ring (bicyclic) bond motifs is 6. The highest BCUT2D eigenvalue weighted by molar-refractivity contribution is 5.96. The number of carbonyl (C=O) groups is 7. The van der Waals surface area contributed by atoms with Gasteiger partial charge in [0.1, 0.15) is 42.1 Å². The van der Waals surface area contributed by atoms with Crippen LogP contribution in [-0.2, 0) is 58.9 Å². The topological polar surface area (TPSA) is 270 Å². The lowest BCUT2D eigenvalue weighted by Crippen LogP contribution is -2.82. The van der Waals surface area contributed by atoms with Crippen molar-refractivity contribution in [1.82, 2.24) is 5.32 Å². The second-order valence-corrected chi connectivity index (χ2v) is 21.9. The van der Waals surface area contributed by atoms with E-state index in [0.29, 0.717) is 24.0 Å². The number of benzene rings is 4. The number of nitrogens with zero attached hydrogens (tertiary/aromatic N) is 1. The number of alkyl carbamates (subject to hydrolysis) is 1. The number of Topliss-reactive ketones (excluding diaryl/α,β-unsaturated/α-hetero) is 1. The predicted octanol–water partition coefficient (Wildman–Crippen LogP) is 7.05. The molecule has 2 saturated carbocycles. The Morgan fingerprint density at radius 1 is 0.793 bits per heavy atom. The van der Waals surface area contributed by atoms with Crippen LogP contribution in [0, 0.1) is 16.7 Å². The second kappa shape index (κ2) is 23.0. The molecular weight excluding hydrogens is 1060 g/mol. The van der Waals surface area contributed by atoms with Crippen LogP contribution in [0.15, 0.2) is 136 Å². The van der Waals surface area contributed by atoms with Gasteiger partial charge in [-0.2, -0.15) is 0 Å². The van der Waals surface area contributed by atoms with Gasteiger partial charge < -0.3 is 58.0 Å². The summed E-state index contributed by atoms with van der Waals surface area (Å²) >= 11 is 0. The maximum absolute atomic E-state index is 15.9. The van der Waals surface area contributed by atoms with E-state index in [1.165, 1.54) is 58.0 Å². The fourth-order valence-corrected chi connectivity index (χ4v) is 12.7. The Labute approximate surface area is 472 Å². The molecule has 2 bridgehead atoms. The van der Waals surface area contributed by atoms with Crippen molar-refractivity contribution in [3.05, 3.63) is 159 Å². The average Bonchev–Trinajstić information content (AvgIpc) is 0.727. The van der Waals surface area contributed by atoms with E-state index in [1.807, 2.05) is 19.9 Å². The largest absolute Gasteiger partial charge is 0.455 e. The number of rotatable bonds is 16. The van der Waals surface area contributed by atoms with Crippen molar-refractivity contribution in [1.29, 1.82) is 0 Å². The van der Waals surface area contributed by atoms with Crippen molar-refractivity contribution in [3.8, 4) is 0 Å². The van der Waals surface area contributed by atoms with Gasteiger partial charge in [0.25, 0.3) is 0 Å². The SMILES string of the molecule is CCN(CC)c1ccc2c(COC(=O)N[C@H](c3ccccc3)[C@@H](OC(=O)c3ccccc3)C(=O)O[C@H]3C[C@@]4(O)C(OC(=O)c5ccccc5)C5[C@](C)(C(=O)[C@H](OC(C)=O)C(=C3C)C4(C)C)[C@@H](O)C[C@H]3OC[C@@]53OC(C)=O)cc(=O)oc2c1. The number of hydrogen-bond acceptors (Lipinski definition) is 19. The summed E-state index contributed by atoms with van der Waals surface area (Å²) in [6.07, 6.45) is -12.3. The standard InChI is InChI=1S/C62H66N2O18/c1-9-64(10-2)41-26-27-42-40(28-47(68)78-43(42)29-41)32-75-58(73)63-49(37-20-14-11-15-21-37)51(80-55(70)38-22-16-12-17-23-38)57(72)79-44-31-62(74)54(81-56(71)39-24-18-13-19-25-39)52-60(8,45(67)30-46-61(52,33-76-46)82-36(5)66)53(69)50(77-35(4)65)48(34(44)3)59(62,6)7/h11-29,44-46,49-52,54,67,74H,9-10,30-33H2,1-8H3,(H,63,73)/t44-,45-,46+,49+,50+,51+,52?,54?,60+,61-,62+/m0/s1. The van der Waals surface area contributed by atoms with Crippen molar-refractivity contribution in [3.63, 3.8) is 0 Å². The summed E-state index contributed by atoms with van der Waals surface area (Å²) < 4.78 is 48.4. The van der Waals surface area contributed by atoms with E-state index < -0.39 is 131 Å². The lowest BCUT2D eigenvalue weighted by molar-refractivity contribution is -0.346. The normalized spacial score (nSPS) is 26.8. The molecule has 5 aromatic rings. The van der Waals surface area contributed by atoms with E-state index in [0.717, 1.165) is 19.5 Å². The minimum absolute atomic E-state index is 0.00596. The molecule has 0 spiro atoms. The summed E-state index contributed by atoms with van der Waals surface area (Å²) in [6.45, 7) is 12.7. The summed E-state index contributed by atoms with van der Waals surface area (Å²) in [5, 5.41) is 29.5. The van der Waals surface area contributed by atoms with Gasteiger partial charge >= 0.3 is 41.6 Å². The Morgan fingerprint density at radius 2 is 1.41 bits per heavy atom. The number of hydrogen-bond donors (Lipinski definition) is 3. The van der Waals surface area contributed by atoms with Gasteiger partial charge in [-0.15, -0.1) is 0 Å². The third-order valence-corrected chi connectivity index (χ3v) is 17.0. The van der Waals surface area contributed by atoms with Crippen LogP contribution in [0.2, 0.25) is 0 Å². The van der Waals surface area contributed by atoms with Gasteiger partial charge in [0.15, 0.2) is 17.5 Å². The fraction of sp³-hybridized carbons (Fsp3) is 0.419. The third kappa shape index (κ3) is 10.5. The van der Waals surface area contributed by atoms with Crippen molar-refractivity contribution in [2.45, 2.75) is 129 Å². The zero-order chi connectivity index (χ0) is 59.1. The Bertz CT molecular complexity index is 3380. The van der Waals surface area contributed by atoms with Crippen LogP contribution in [0.25, 0.3) is 11.0 Å². The molecule has 0 radical (unpaired) electrons. The Kier molecular flexibility index (Phi) is 16.4. The van der Waals surface area contributed by atoms with E-state index in [4.69, 9.17) is 37.6 Å². The molecule has 11 atom stereocenters. The minimum Gasteiger partial charge on any atom is -0.455 e. The second-order valence-electron chi connectivity index (χ2n) is 21.9. The number of amides is 1. The van der Waals surface area contributed by atoms with Crippen molar-refractivity contribution >= 4 is 58.4 Å². The number of anilines is 1. The molecule has 432 valence electrons. The molecule has 20 heteroatoms. The van der Waals surface area contributed by atoms with E-state index in [-0.39, 0.29) is 46.4 Å². The van der Waals surface area contributed by atoms with Crippen LogP contribution in [0.4, 0.5) is 10.5 Å². The monoisotopic (exact) mass is 1130 g/mol. The van der Waals surface area contributed by atoms with Gasteiger partial charge in [-0.3, -0.25) is 14.4 Å². The highest BCUT2D eigenvalue weighted by Crippen LogP contribution is 2.64. The van der Waals surface area contributed by atoms with Gasteiger partial charge in [-0.1, -0.05) is 80.6 Å². The molecule has 1 aromatic heterocycles. The van der Waals surface area contributed by atoms with Crippen LogP contribution in [0.1, 0.15) is 106 Å². The first kappa shape index (κ1) is 58.5. The number of nitrogens with one attached hydrogen (secondary N) is 1. The maximum atomic E-state index is 15.9. The molecule has 1 amide bonds. The predicted molar refractivity (Wildman–Crippen MR) is 293 cm³/mol. The smallest absolute Gasteiger partial charge is 0.408 e. The lowest BCUT2D eigenvalue weighted by atomic mass is 9.44. The van der Waals surface area contributed by atoms with Gasteiger partial charge in [0.05, 0.1) is 35.2 Å². The van der Waals surface area contributed by atoms with Crippen LogP contribution in [-0.4, -0.2) is 119 Å². The molecule has 3 aliphatic carbocycles. The molecular formula is C62H66N2O18. The number of esters is 5. The number of ketones is 1. The third-order valence-electron chi connectivity index (χ3n) is 17.0. The van der Waals surface area contributed by atoms with Gasteiger partial charge in [0.2, 0.25) is 6.10 Å². The highest BCUT2D eigenvalue weighted by atomic mass is 16.6. The van der Waals surface area contributed by atoms with Crippen LogP contribution < -0.4 is 15.8 Å². The minimum atomic E-state index is -2.52. The molecule has 2 unspecified atom stereocenters. The lowest BCUT2D eigenvalue weighted by Gasteiger charge is -2.67. The van der Waals surface area contributed by atoms with Crippen LogP contribution in [0.3, 0.4) is 0 Å². The molecule has 20 nitrogen and oxygen atoms in total. The summed E-state index contributed by atoms with van der Waals surface area (Å²) in [4.78, 5) is 116. The quantitative estimate of drug-likeness (QED) is 0.0386. The number of aliphatic hydroxyl groups is 2. The number of ether oxygens (including phenoxy) is 7. The van der Waals surface area contributed by atoms with Crippen molar-refractivity contribution in [2.24, 2.45) is 16.7 Å². The molecule has 3 N–H and O–H groups in total. The first-order chi connectivity index (χ1) is 39.0. The van der Waals surface area contributed by atoms with E-state index in [1.54, 1.807) is 78.9 Å². The van der Waals surface area contributed by atoms with Gasteiger partial charge in [-0.05, 0) is 80.8 Å². The summed E-state index contributed by atoms with van der Waals surface area (Å²) in [5.74, 6) is -7.63. The van der Waals surface area contributed by atoms with Gasteiger partial charge in [-0.25, -0.2) is 24.0 Å². The summed E-state index contributed by atoms with van der Waals surface area (Å²) in [6, 6.07) is 28.3. The molecule has 9 rings (SSSR count).